The van der Waals surface area contributed by atoms with Crippen molar-refractivity contribution in [1.29, 1.82) is 0 Å². The number of fused-ring (bicyclic) bond motifs is 1. The maximum atomic E-state index is 11.9. The third-order valence-corrected chi connectivity index (χ3v) is 6.64. The Labute approximate surface area is 152 Å². The number of thioether (sulfide) groups is 2. The second-order valence-corrected chi connectivity index (χ2v) is 8.20. The van der Waals surface area contributed by atoms with Gasteiger partial charge >= 0.3 is 5.69 Å². The molecule has 128 valence electrons. The van der Waals surface area contributed by atoms with Gasteiger partial charge in [0, 0.05) is 23.1 Å². The lowest BCUT2D eigenvalue weighted by molar-refractivity contribution is 0.593. The number of H-pyrrole nitrogens is 1. The lowest BCUT2D eigenvalue weighted by atomic mass is 10.2. The summed E-state index contributed by atoms with van der Waals surface area (Å²) < 4.78 is 4.02. The van der Waals surface area contributed by atoms with Gasteiger partial charge in [-0.15, -0.1) is 15.3 Å². The number of benzene rings is 1. The van der Waals surface area contributed by atoms with Crippen molar-refractivity contribution in [2.75, 3.05) is 11.5 Å². The largest absolute Gasteiger partial charge is 0.344 e. The molecule has 25 heavy (non-hydrogen) atoms. The summed E-state index contributed by atoms with van der Waals surface area (Å²) in [7, 11) is 0. The van der Waals surface area contributed by atoms with E-state index in [1.54, 1.807) is 28.1 Å². The highest BCUT2D eigenvalue weighted by molar-refractivity contribution is 8.00. The first kappa shape index (κ1) is 15.3. The van der Waals surface area contributed by atoms with Gasteiger partial charge in [-0.05, 0) is 12.8 Å². The van der Waals surface area contributed by atoms with E-state index < -0.39 is 0 Å². The molecule has 1 N–H and O–H groups in total. The van der Waals surface area contributed by atoms with Gasteiger partial charge in [0.25, 0.3) is 0 Å². The van der Waals surface area contributed by atoms with Crippen LogP contribution in [0.5, 0.6) is 0 Å². The summed E-state index contributed by atoms with van der Waals surface area (Å²) in [6.07, 6.45) is 2.14. The zero-order valence-corrected chi connectivity index (χ0v) is 15.0. The van der Waals surface area contributed by atoms with E-state index >= 15 is 0 Å². The number of nitrogens with zero attached hydrogens (tertiary/aromatic N) is 5. The molecule has 0 spiro atoms. The molecular formula is C16H16N6OS2. The van der Waals surface area contributed by atoms with Gasteiger partial charge in [0.1, 0.15) is 0 Å². The molecule has 5 rings (SSSR count). The summed E-state index contributed by atoms with van der Waals surface area (Å²) in [5.74, 6) is 2.72. The highest BCUT2D eigenvalue weighted by Crippen LogP contribution is 2.40. The van der Waals surface area contributed by atoms with Gasteiger partial charge in [0.05, 0.1) is 6.04 Å². The Kier molecular flexibility index (Phi) is 3.70. The number of rotatable bonds is 5. The lowest BCUT2D eigenvalue weighted by Crippen LogP contribution is -2.17. The molecule has 2 aliphatic rings. The van der Waals surface area contributed by atoms with E-state index in [9.17, 15) is 4.79 Å². The standard InChI is InChI=1S/C16H16N6OS2/c23-14-18-20-16(22(14)11-6-7-11)25-9-12-8-24-15-19-17-13(21(12)15)10-4-2-1-3-5-10/h1-5,11-12H,6-9H2,(H,18,23)/t12-/m0/s1. The molecule has 3 aromatic rings. The number of aromatic amines is 1. The van der Waals surface area contributed by atoms with Crippen molar-refractivity contribution in [3.63, 3.8) is 0 Å². The van der Waals surface area contributed by atoms with E-state index in [0.29, 0.717) is 6.04 Å². The first-order valence-corrected chi connectivity index (χ1v) is 10.2. The average molecular weight is 372 g/mol. The van der Waals surface area contributed by atoms with Crippen LogP contribution in [0.15, 0.2) is 45.4 Å². The van der Waals surface area contributed by atoms with Crippen LogP contribution in [0, 0.1) is 0 Å². The first-order valence-electron chi connectivity index (χ1n) is 8.24. The highest BCUT2D eigenvalue weighted by Gasteiger charge is 2.31. The third kappa shape index (κ3) is 2.71. The summed E-state index contributed by atoms with van der Waals surface area (Å²) in [5, 5.41) is 17.3. The summed E-state index contributed by atoms with van der Waals surface area (Å²) >= 11 is 3.37. The number of aromatic nitrogens is 6. The van der Waals surface area contributed by atoms with Crippen LogP contribution in [0.1, 0.15) is 24.9 Å². The second kappa shape index (κ2) is 6.06. The van der Waals surface area contributed by atoms with Crippen LogP contribution in [0.4, 0.5) is 0 Å². The molecule has 7 nitrogen and oxygen atoms in total. The Bertz CT molecular complexity index is 959. The predicted molar refractivity (Wildman–Crippen MR) is 97.1 cm³/mol. The molecule has 9 heteroatoms. The fourth-order valence-corrected chi connectivity index (χ4v) is 5.39. The van der Waals surface area contributed by atoms with Gasteiger partial charge in [-0.2, -0.15) is 0 Å². The van der Waals surface area contributed by atoms with Crippen LogP contribution in [-0.2, 0) is 0 Å². The second-order valence-electron chi connectivity index (χ2n) is 6.23. The van der Waals surface area contributed by atoms with Crippen LogP contribution >= 0.6 is 23.5 Å². The number of hydrogen-bond acceptors (Lipinski definition) is 6. The number of hydrogen-bond donors (Lipinski definition) is 1. The van der Waals surface area contributed by atoms with Crippen LogP contribution in [0.25, 0.3) is 11.4 Å². The number of nitrogens with one attached hydrogen (secondary N) is 1. The van der Waals surface area contributed by atoms with E-state index in [1.807, 2.05) is 18.2 Å². The Hall–Kier alpha value is -2.00. The monoisotopic (exact) mass is 372 g/mol. The van der Waals surface area contributed by atoms with Crippen LogP contribution in [0.2, 0.25) is 0 Å². The van der Waals surface area contributed by atoms with Crippen molar-refractivity contribution in [2.24, 2.45) is 0 Å². The Morgan fingerprint density at radius 1 is 1.20 bits per heavy atom. The fourth-order valence-electron chi connectivity index (χ4n) is 3.07. The third-order valence-electron chi connectivity index (χ3n) is 4.46. The summed E-state index contributed by atoms with van der Waals surface area (Å²) in [4.78, 5) is 11.9. The van der Waals surface area contributed by atoms with Crippen molar-refractivity contribution < 1.29 is 0 Å². The van der Waals surface area contributed by atoms with Crippen molar-refractivity contribution in [3.8, 4) is 11.4 Å². The molecule has 0 amide bonds. The van der Waals surface area contributed by atoms with Gasteiger partial charge in [0.15, 0.2) is 16.1 Å². The summed E-state index contributed by atoms with van der Waals surface area (Å²) in [6, 6.07) is 10.8. The molecule has 0 bridgehead atoms. The van der Waals surface area contributed by atoms with Crippen molar-refractivity contribution >= 4 is 23.5 Å². The molecule has 1 saturated carbocycles. The molecule has 1 aromatic carbocycles. The van der Waals surface area contributed by atoms with Crippen molar-refractivity contribution in [1.82, 2.24) is 29.5 Å². The van der Waals surface area contributed by atoms with E-state index in [1.165, 1.54) is 0 Å². The topological polar surface area (TPSA) is 81.4 Å². The zero-order valence-electron chi connectivity index (χ0n) is 13.3. The first-order chi connectivity index (χ1) is 12.3. The molecule has 2 aromatic heterocycles. The SMILES string of the molecule is O=c1[nH]nc(SC[C@@H]2CSc3nnc(-c4ccccc4)n32)n1C1CC1. The van der Waals surface area contributed by atoms with Crippen molar-refractivity contribution in [2.45, 2.75) is 35.2 Å². The fraction of sp³-hybridized carbons (Fsp3) is 0.375. The zero-order chi connectivity index (χ0) is 16.8. The van der Waals surface area contributed by atoms with Crippen LogP contribution < -0.4 is 5.69 Å². The van der Waals surface area contributed by atoms with E-state index in [4.69, 9.17) is 0 Å². The quantitative estimate of drug-likeness (QED) is 0.694. The Balaban J connectivity index is 1.40. The van der Waals surface area contributed by atoms with E-state index in [0.717, 1.165) is 46.0 Å². The summed E-state index contributed by atoms with van der Waals surface area (Å²) in [6.45, 7) is 0. The molecule has 0 radical (unpaired) electrons. The molecule has 3 heterocycles. The van der Waals surface area contributed by atoms with Gasteiger partial charge in [-0.25, -0.2) is 9.89 Å². The maximum absolute atomic E-state index is 11.9. The average Bonchev–Trinajstić information content (AvgIpc) is 3.09. The predicted octanol–water partition coefficient (Wildman–Crippen LogP) is 2.60. The normalized spacial score (nSPS) is 19.3. The molecular weight excluding hydrogens is 356 g/mol. The molecule has 1 aliphatic heterocycles. The smallest absolute Gasteiger partial charge is 0.297 e. The van der Waals surface area contributed by atoms with Gasteiger partial charge in [0.2, 0.25) is 0 Å². The minimum atomic E-state index is -0.0965. The molecule has 0 unspecified atom stereocenters. The van der Waals surface area contributed by atoms with E-state index in [2.05, 4.69) is 37.1 Å². The van der Waals surface area contributed by atoms with Gasteiger partial charge in [-0.1, -0.05) is 53.9 Å². The van der Waals surface area contributed by atoms with Gasteiger partial charge < -0.3 is 0 Å². The van der Waals surface area contributed by atoms with Crippen LogP contribution in [0.3, 0.4) is 0 Å². The highest BCUT2D eigenvalue weighted by atomic mass is 32.2. The van der Waals surface area contributed by atoms with Crippen LogP contribution in [-0.4, -0.2) is 41.0 Å². The molecule has 1 aliphatic carbocycles. The molecule has 0 saturated heterocycles. The molecule has 1 atom stereocenters. The minimum absolute atomic E-state index is 0.0965. The maximum Gasteiger partial charge on any atom is 0.344 e. The van der Waals surface area contributed by atoms with Gasteiger partial charge in [-0.3, -0.25) is 9.13 Å². The van der Waals surface area contributed by atoms with Crippen molar-refractivity contribution in [3.05, 3.63) is 40.8 Å². The lowest BCUT2D eigenvalue weighted by Gasteiger charge is -2.14. The molecule has 1 fully saturated rings. The Morgan fingerprint density at radius 2 is 2.04 bits per heavy atom. The minimum Gasteiger partial charge on any atom is -0.297 e. The van der Waals surface area contributed by atoms with E-state index in [-0.39, 0.29) is 11.7 Å². The summed E-state index contributed by atoms with van der Waals surface area (Å²) in [5.41, 5.74) is 0.981. The Morgan fingerprint density at radius 3 is 2.84 bits per heavy atom.